The maximum absolute atomic E-state index is 13.5. The normalized spacial score (nSPS) is 11.3. The second-order valence-electron chi connectivity index (χ2n) is 7.37. The molecule has 2 N–H and O–H groups in total. The fourth-order valence-corrected chi connectivity index (χ4v) is 3.14. The van der Waals surface area contributed by atoms with E-state index in [1.807, 2.05) is 6.92 Å². The Morgan fingerprint density at radius 1 is 1.00 bits per heavy atom. The van der Waals surface area contributed by atoms with E-state index in [0.717, 1.165) is 17.7 Å². The lowest BCUT2D eigenvalue weighted by Crippen LogP contribution is -2.14. The minimum Gasteiger partial charge on any atom is -0.324 e. The van der Waals surface area contributed by atoms with E-state index in [4.69, 9.17) is 0 Å². The molecule has 0 aliphatic carbocycles. The molecule has 0 aliphatic heterocycles. The number of imidazole rings is 1. The van der Waals surface area contributed by atoms with Gasteiger partial charge in [-0.2, -0.15) is 13.2 Å². The van der Waals surface area contributed by atoms with E-state index < -0.39 is 17.6 Å². The van der Waals surface area contributed by atoms with Crippen LogP contribution < -0.4 is 10.6 Å². The predicted octanol–water partition coefficient (Wildman–Crippen LogP) is 5.29. The topological polar surface area (TPSA) is 84.7 Å². The zero-order chi connectivity index (χ0) is 23.6. The average molecular weight is 452 g/mol. The molecule has 0 saturated carbocycles. The number of rotatable bonds is 5. The molecular weight excluding hydrogens is 433 g/mol. The number of carbonyl (C=O) groups is 1. The van der Waals surface area contributed by atoms with Gasteiger partial charge in [-0.1, -0.05) is 6.07 Å². The first-order chi connectivity index (χ1) is 15.7. The van der Waals surface area contributed by atoms with Gasteiger partial charge in [-0.25, -0.2) is 15.0 Å². The highest BCUT2D eigenvalue weighted by Crippen LogP contribution is 2.33. The first-order valence-corrected chi connectivity index (χ1v) is 9.88. The molecule has 0 spiro atoms. The van der Waals surface area contributed by atoms with E-state index in [1.165, 1.54) is 17.0 Å². The molecule has 0 unspecified atom stereocenters. The fourth-order valence-electron chi connectivity index (χ4n) is 3.14. The summed E-state index contributed by atoms with van der Waals surface area (Å²) in [6, 6.07) is 9.95. The van der Waals surface area contributed by atoms with Crippen LogP contribution in [0.25, 0.3) is 5.69 Å². The summed E-state index contributed by atoms with van der Waals surface area (Å²) in [5, 5.41) is 5.60. The Hall–Kier alpha value is -4.21. The first kappa shape index (κ1) is 22.0. The number of aryl methyl sites for hydroxylation is 2. The van der Waals surface area contributed by atoms with E-state index in [2.05, 4.69) is 25.6 Å². The smallest absolute Gasteiger partial charge is 0.324 e. The van der Waals surface area contributed by atoms with Gasteiger partial charge in [0.05, 0.1) is 17.6 Å². The Balaban J connectivity index is 1.63. The van der Waals surface area contributed by atoms with E-state index in [-0.39, 0.29) is 16.9 Å². The van der Waals surface area contributed by atoms with Gasteiger partial charge >= 0.3 is 6.18 Å². The number of benzene rings is 2. The standard InChI is InChI=1S/C23H19F3N6O/c1-14-4-5-16(8-20(14)31-22-27-6-3-7-28-22)21(33)30-18-9-17(23(24,25)26)10-19(11-18)32-12-15(2)29-13-32/h3-13H,1-2H3,(H,30,33)(H,27,28,31). The van der Waals surface area contributed by atoms with Gasteiger partial charge in [0, 0.05) is 41.2 Å². The third kappa shape index (κ3) is 5.17. The first-order valence-electron chi connectivity index (χ1n) is 9.88. The second kappa shape index (κ2) is 8.73. The van der Waals surface area contributed by atoms with Crippen LogP contribution in [0.3, 0.4) is 0 Å². The van der Waals surface area contributed by atoms with Crippen molar-refractivity contribution in [1.29, 1.82) is 0 Å². The Morgan fingerprint density at radius 2 is 1.76 bits per heavy atom. The molecule has 0 fully saturated rings. The van der Waals surface area contributed by atoms with Crippen LogP contribution in [0.5, 0.6) is 0 Å². The van der Waals surface area contributed by atoms with Crippen molar-refractivity contribution in [1.82, 2.24) is 19.5 Å². The van der Waals surface area contributed by atoms with Gasteiger partial charge in [-0.15, -0.1) is 0 Å². The van der Waals surface area contributed by atoms with Gasteiger partial charge in [0.25, 0.3) is 5.91 Å². The van der Waals surface area contributed by atoms with Crippen LogP contribution in [0.4, 0.5) is 30.5 Å². The monoisotopic (exact) mass is 452 g/mol. The molecule has 2 aromatic heterocycles. The SMILES string of the molecule is Cc1cn(-c2cc(NC(=O)c3ccc(C)c(Nc4ncccn4)c3)cc(C(F)(F)F)c2)cn1. The van der Waals surface area contributed by atoms with Gasteiger partial charge in [-0.05, 0) is 55.8 Å². The van der Waals surface area contributed by atoms with Crippen LogP contribution in [-0.4, -0.2) is 25.4 Å². The summed E-state index contributed by atoms with van der Waals surface area (Å²) in [6.45, 7) is 3.58. The molecule has 2 aromatic carbocycles. The van der Waals surface area contributed by atoms with Crippen molar-refractivity contribution < 1.29 is 18.0 Å². The van der Waals surface area contributed by atoms with Gasteiger partial charge in [0.1, 0.15) is 0 Å². The number of amides is 1. The van der Waals surface area contributed by atoms with Crippen molar-refractivity contribution in [3.05, 3.63) is 89.8 Å². The Morgan fingerprint density at radius 3 is 2.42 bits per heavy atom. The molecule has 33 heavy (non-hydrogen) atoms. The lowest BCUT2D eigenvalue weighted by atomic mass is 10.1. The summed E-state index contributed by atoms with van der Waals surface area (Å²) < 4.78 is 41.9. The highest BCUT2D eigenvalue weighted by molar-refractivity contribution is 6.05. The van der Waals surface area contributed by atoms with Crippen LogP contribution in [0.1, 0.15) is 27.2 Å². The van der Waals surface area contributed by atoms with E-state index in [1.54, 1.807) is 49.8 Å². The molecule has 0 radical (unpaired) electrons. The van der Waals surface area contributed by atoms with Gasteiger partial charge in [0.15, 0.2) is 0 Å². The Labute approximate surface area is 187 Å². The number of carbonyl (C=O) groups excluding carboxylic acids is 1. The maximum atomic E-state index is 13.5. The summed E-state index contributed by atoms with van der Waals surface area (Å²) >= 11 is 0. The minimum absolute atomic E-state index is 0.0117. The van der Waals surface area contributed by atoms with Crippen LogP contribution in [0, 0.1) is 13.8 Å². The number of nitrogens with zero attached hydrogens (tertiary/aromatic N) is 4. The average Bonchev–Trinajstić information content (AvgIpc) is 3.21. The maximum Gasteiger partial charge on any atom is 0.416 e. The van der Waals surface area contributed by atoms with Crippen LogP contribution >= 0.6 is 0 Å². The Bertz CT molecular complexity index is 1300. The number of nitrogens with one attached hydrogen (secondary N) is 2. The molecule has 168 valence electrons. The molecule has 4 aromatic rings. The van der Waals surface area contributed by atoms with Crippen molar-refractivity contribution in [2.45, 2.75) is 20.0 Å². The zero-order valence-corrected chi connectivity index (χ0v) is 17.7. The quantitative estimate of drug-likeness (QED) is 0.430. The van der Waals surface area contributed by atoms with Gasteiger partial charge in [0.2, 0.25) is 5.95 Å². The summed E-state index contributed by atoms with van der Waals surface area (Å²) in [5.41, 5.74) is 1.72. The molecular formula is C23H19F3N6O. The highest BCUT2D eigenvalue weighted by Gasteiger charge is 2.31. The molecule has 1 amide bonds. The largest absolute Gasteiger partial charge is 0.416 e. The molecule has 0 bridgehead atoms. The lowest BCUT2D eigenvalue weighted by molar-refractivity contribution is -0.137. The lowest BCUT2D eigenvalue weighted by Gasteiger charge is -2.14. The molecule has 10 heteroatoms. The third-order valence-corrected chi connectivity index (χ3v) is 4.82. The number of hydrogen-bond donors (Lipinski definition) is 2. The number of anilines is 3. The third-order valence-electron chi connectivity index (χ3n) is 4.82. The van der Waals surface area contributed by atoms with Crippen molar-refractivity contribution in [2.24, 2.45) is 0 Å². The number of alkyl halides is 3. The summed E-state index contributed by atoms with van der Waals surface area (Å²) in [5.74, 6) is -0.199. The molecule has 0 aliphatic rings. The van der Waals surface area contributed by atoms with Gasteiger partial charge in [-0.3, -0.25) is 4.79 Å². The van der Waals surface area contributed by atoms with Crippen LogP contribution in [0.15, 0.2) is 67.4 Å². The number of aromatic nitrogens is 4. The summed E-state index contributed by atoms with van der Waals surface area (Å²) in [7, 11) is 0. The van der Waals surface area contributed by atoms with E-state index in [9.17, 15) is 18.0 Å². The summed E-state index contributed by atoms with van der Waals surface area (Å²) in [4.78, 5) is 25.1. The van der Waals surface area contributed by atoms with E-state index in [0.29, 0.717) is 17.3 Å². The number of hydrogen-bond acceptors (Lipinski definition) is 5. The molecule has 0 saturated heterocycles. The molecule has 4 rings (SSSR count). The molecule has 0 atom stereocenters. The highest BCUT2D eigenvalue weighted by atomic mass is 19.4. The van der Waals surface area contributed by atoms with Crippen LogP contribution in [-0.2, 0) is 6.18 Å². The predicted molar refractivity (Wildman–Crippen MR) is 118 cm³/mol. The molecule has 2 heterocycles. The van der Waals surface area contributed by atoms with Crippen molar-refractivity contribution in [3.8, 4) is 5.69 Å². The number of halogens is 3. The molecule has 7 nitrogen and oxygen atoms in total. The van der Waals surface area contributed by atoms with Crippen molar-refractivity contribution >= 4 is 23.2 Å². The Kier molecular flexibility index (Phi) is 5.82. The van der Waals surface area contributed by atoms with Crippen LogP contribution in [0.2, 0.25) is 0 Å². The fraction of sp³-hybridized carbons (Fsp3) is 0.130. The minimum atomic E-state index is -4.58. The zero-order valence-electron chi connectivity index (χ0n) is 17.7. The second-order valence-corrected chi connectivity index (χ2v) is 7.37. The van der Waals surface area contributed by atoms with Crippen molar-refractivity contribution in [2.75, 3.05) is 10.6 Å². The summed E-state index contributed by atoms with van der Waals surface area (Å²) in [6.07, 6.45) is 1.59. The van der Waals surface area contributed by atoms with Crippen molar-refractivity contribution in [3.63, 3.8) is 0 Å². The van der Waals surface area contributed by atoms with Gasteiger partial charge < -0.3 is 15.2 Å². The van der Waals surface area contributed by atoms with E-state index >= 15 is 0 Å².